The average Bonchev–Trinajstić information content (AvgIpc) is 2.94. The van der Waals surface area contributed by atoms with Gasteiger partial charge < -0.3 is 35.6 Å². The van der Waals surface area contributed by atoms with Crippen LogP contribution in [0.1, 0.15) is 66.2 Å². The second-order valence-corrected chi connectivity index (χ2v) is 13.4. The Hall–Kier alpha value is -2.96. The topological polar surface area (TPSA) is 130 Å². The van der Waals surface area contributed by atoms with E-state index < -0.39 is 5.60 Å². The number of ether oxygens (including phenoxy) is 2. The van der Waals surface area contributed by atoms with E-state index in [0.717, 1.165) is 42.3 Å². The number of nitrogens with zero attached hydrogens (tertiary/aromatic N) is 3. The highest BCUT2D eigenvalue weighted by Gasteiger charge is 2.27. The van der Waals surface area contributed by atoms with Crippen LogP contribution in [0.3, 0.4) is 0 Å². The molecule has 0 saturated heterocycles. The summed E-state index contributed by atoms with van der Waals surface area (Å²) in [5.74, 6) is 2.25. The highest BCUT2D eigenvalue weighted by atomic mass is 79.9. The number of carbonyl (C=O) groups is 2. The summed E-state index contributed by atoms with van der Waals surface area (Å²) in [6, 6.07) is 7.48. The summed E-state index contributed by atoms with van der Waals surface area (Å²) in [5.41, 5.74) is 0.268. The van der Waals surface area contributed by atoms with E-state index in [0.29, 0.717) is 50.4 Å². The van der Waals surface area contributed by atoms with E-state index in [1.807, 2.05) is 57.1 Å². The second-order valence-electron chi connectivity index (χ2n) is 12.6. The lowest BCUT2D eigenvalue weighted by Crippen LogP contribution is -2.40. The smallest absolute Gasteiger partial charge is 0.229 e. The normalized spacial score (nSPS) is 13.6. The molecule has 11 nitrogen and oxygen atoms in total. The van der Waals surface area contributed by atoms with Crippen LogP contribution in [0.5, 0.6) is 5.75 Å². The van der Waals surface area contributed by atoms with Gasteiger partial charge in [0.05, 0.1) is 23.0 Å². The molecule has 1 aliphatic rings. The molecule has 1 fully saturated rings. The Morgan fingerprint density at radius 1 is 1.09 bits per heavy atom. The first-order valence-corrected chi connectivity index (χ1v) is 16.3. The minimum absolute atomic E-state index is 0.00597. The van der Waals surface area contributed by atoms with Crippen LogP contribution < -0.4 is 26.0 Å². The highest BCUT2D eigenvalue weighted by molar-refractivity contribution is 9.10. The van der Waals surface area contributed by atoms with Crippen molar-refractivity contribution in [3.05, 3.63) is 34.9 Å². The van der Waals surface area contributed by atoms with Gasteiger partial charge in [-0.2, -0.15) is 4.98 Å². The quantitative estimate of drug-likeness (QED) is 0.150. The van der Waals surface area contributed by atoms with Crippen LogP contribution in [0, 0.1) is 5.92 Å². The van der Waals surface area contributed by atoms with E-state index in [1.54, 1.807) is 6.20 Å². The van der Waals surface area contributed by atoms with Crippen molar-refractivity contribution in [3.63, 3.8) is 0 Å². The summed E-state index contributed by atoms with van der Waals surface area (Å²) < 4.78 is 12.5. The molecule has 244 valence electrons. The van der Waals surface area contributed by atoms with Crippen molar-refractivity contribution in [3.8, 4) is 5.75 Å². The number of nitrogens with one attached hydrogen (secondary N) is 4. The number of halogens is 1. The fourth-order valence-electron chi connectivity index (χ4n) is 4.48. The van der Waals surface area contributed by atoms with Crippen molar-refractivity contribution in [2.75, 3.05) is 57.6 Å². The Morgan fingerprint density at radius 3 is 2.48 bits per heavy atom. The summed E-state index contributed by atoms with van der Waals surface area (Å²) in [5, 5.41) is 12.7. The second kappa shape index (κ2) is 16.9. The molecular weight excluding hydrogens is 626 g/mol. The Morgan fingerprint density at radius 2 is 1.82 bits per heavy atom. The zero-order valence-electron chi connectivity index (χ0n) is 27.1. The maximum atomic E-state index is 12.4. The molecule has 0 aliphatic heterocycles. The molecule has 1 aliphatic carbocycles. The molecule has 4 N–H and O–H groups in total. The Labute approximate surface area is 270 Å². The molecule has 12 heteroatoms. The van der Waals surface area contributed by atoms with Crippen molar-refractivity contribution in [2.24, 2.45) is 5.92 Å². The minimum atomic E-state index is -0.541. The molecule has 2 amide bonds. The molecule has 1 aromatic heterocycles. The van der Waals surface area contributed by atoms with Gasteiger partial charge in [0, 0.05) is 50.1 Å². The van der Waals surface area contributed by atoms with E-state index in [1.165, 1.54) is 0 Å². The van der Waals surface area contributed by atoms with Gasteiger partial charge in [0.2, 0.25) is 17.8 Å². The van der Waals surface area contributed by atoms with E-state index in [9.17, 15) is 9.59 Å². The minimum Gasteiger partial charge on any atom is -0.492 e. The summed E-state index contributed by atoms with van der Waals surface area (Å²) in [7, 11) is 3.81. The summed E-state index contributed by atoms with van der Waals surface area (Å²) >= 11 is 3.51. The zero-order valence-corrected chi connectivity index (χ0v) is 28.7. The monoisotopic (exact) mass is 675 g/mol. The van der Waals surface area contributed by atoms with Crippen LogP contribution in [-0.4, -0.2) is 84.8 Å². The van der Waals surface area contributed by atoms with Gasteiger partial charge in [-0.3, -0.25) is 9.59 Å². The SMILES string of the molecule is CNC(C)(C)CCOC(C)(C)CC(=O)NCCOc1ccc(Nc2ncc(Br)c(NCCCN(C)C(=O)C3CCC3)n2)cc1. The Balaban J connectivity index is 1.35. The van der Waals surface area contributed by atoms with Gasteiger partial charge in [0.1, 0.15) is 18.2 Å². The third kappa shape index (κ3) is 12.2. The largest absolute Gasteiger partial charge is 0.492 e. The first kappa shape index (κ1) is 35.5. The summed E-state index contributed by atoms with van der Waals surface area (Å²) in [4.78, 5) is 35.5. The molecule has 1 aromatic carbocycles. The lowest BCUT2D eigenvalue weighted by atomic mass is 9.84. The lowest BCUT2D eigenvalue weighted by molar-refractivity contribution is -0.136. The first-order chi connectivity index (χ1) is 20.9. The molecule has 1 heterocycles. The van der Waals surface area contributed by atoms with Crippen molar-refractivity contribution < 1.29 is 19.1 Å². The average molecular weight is 677 g/mol. The number of rotatable bonds is 19. The predicted octanol–water partition coefficient (Wildman–Crippen LogP) is 5.11. The van der Waals surface area contributed by atoms with Crippen molar-refractivity contribution >= 4 is 45.2 Å². The van der Waals surface area contributed by atoms with Crippen LogP contribution in [0.25, 0.3) is 0 Å². The molecule has 0 unspecified atom stereocenters. The van der Waals surface area contributed by atoms with Gasteiger partial charge in [-0.1, -0.05) is 6.42 Å². The number of benzene rings is 1. The predicted molar refractivity (Wildman–Crippen MR) is 178 cm³/mol. The van der Waals surface area contributed by atoms with Crippen LogP contribution in [0.4, 0.5) is 17.5 Å². The fraction of sp³-hybridized carbons (Fsp3) is 0.625. The Bertz CT molecular complexity index is 1210. The van der Waals surface area contributed by atoms with Crippen LogP contribution in [-0.2, 0) is 14.3 Å². The van der Waals surface area contributed by atoms with Crippen molar-refractivity contribution in [2.45, 2.75) is 77.4 Å². The number of hydrogen-bond donors (Lipinski definition) is 4. The van der Waals surface area contributed by atoms with Gasteiger partial charge in [-0.05, 0) is 101 Å². The van der Waals surface area contributed by atoms with Crippen LogP contribution in [0.15, 0.2) is 34.9 Å². The van der Waals surface area contributed by atoms with Crippen LogP contribution in [0.2, 0.25) is 0 Å². The van der Waals surface area contributed by atoms with E-state index in [2.05, 4.69) is 61.0 Å². The number of hydrogen-bond acceptors (Lipinski definition) is 9. The lowest BCUT2D eigenvalue weighted by Gasteiger charge is -2.29. The summed E-state index contributed by atoms with van der Waals surface area (Å²) in [6.45, 7) is 10.8. The number of amides is 2. The van der Waals surface area contributed by atoms with E-state index in [4.69, 9.17) is 9.47 Å². The fourth-order valence-corrected chi connectivity index (χ4v) is 4.81. The van der Waals surface area contributed by atoms with Crippen LogP contribution >= 0.6 is 15.9 Å². The molecule has 2 aromatic rings. The molecular formula is C32H50BrN7O4. The van der Waals surface area contributed by atoms with E-state index >= 15 is 0 Å². The van der Waals surface area contributed by atoms with Gasteiger partial charge in [-0.15, -0.1) is 0 Å². The van der Waals surface area contributed by atoms with Gasteiger partial charge >= 0.3 is 0 Å². The number of aromatic nitrogens is 2. The standard InChI is InChI=1S/C32H50BrN7O4/c1-31(2,34-5)15-19-44-32(3,4)21-27(41)35-17-20-43-25-13-11-24(12-14-25)38-30-37-22-26(33)28(39-30)36-16-8-18-40(6)29(42)23-9-7-10-23/h11-14,22-23,34H,7-10,15-21H2,1-6H3,(H,35,41)(H2,36,37,38,39). The molecule has 0 bridgehead atoms. The molecule has 0 spiro atoms. The van der Waals surface area contributed by atoms with Gasteiger partial charge in [0.25, 0.3) is 0 Å². The highest BCUT2D eigenvalue weighted by Crippen LogP contribution is 2.28. The number of carbonyl (C=O) groups excluding carboxylic acids is 2. The molecule has 0 radical (unpaired) electrons. The zero-order chi connectivity index (χ0) is 32.2. The molecule has 0 atom stereocenters. The van der Waals surface area contributed by atoms with Gasteiger partial charge in [0.15, 0.2) is 0 Å². The Kier molecular flexibility index (Phi) is 13.7. The first-order valence-electron chi connectivity index (χ1n) is 15.5. The van der Waals surface area contributed by atoms with E-state index in [-0.39, 0.29) is 29.7 Å². The van der Waals surface area contributed by atoms with Gasteiger partial charge in [-0.25, -0.2) is 4.98 Å². The number of anilines is 3. The molecule has 3 rings (SSSR count). The summed E-state index contributed by atoms with van der Waals surface area (Å²) in [6.07, 6.45) is 6.86. The third-order valence-electron chi connectivity index (χ3n) is 7.82. The molecule has 1 saturated carbocycles. The third-order valence-corrected chi connectivity index (χ3v) is 8.40. The molecule has 44 heavy (non-hydrogen) atoms. The van der Waals surface area contributed by atoms with Crippen molar-refractivity contribution in [1.29, 1.82) is 0 Å². The maximum Gasteiger partial charge on any atom is 0.229 e. The maximum absolute atomic E-state index is 12.4. The van der Waals surface area contributed by atoms with Crippen molar-refractivity contribution in [1.82, 2.24) is 25.5 Å².